The number of benzene rings is 1. The number of fused-ring (bicyclic) bond motifs is 1. The van der Waals surface area contributed by atoms with Gasteiger partial charge in [-0.1, -0.05) is 18.2 Å². The van der Waals surface area contributed by atoms with Crippen LogP contribution in [0, 0.1) is 13.8 Å². The Balaban J connectivity index is 1.73. The first-order valence-electron chi connectivity index (χ1n) is 6.95. The number of nitrogens with zero attached hydrogens (tertiary/aromatic N) is 2. The quantitative estimate of drug-likeness (QED) is 0.786. The zero-order valence-corrected chi connectivity index (χ0v) is 13.3. The number of para-hydroxylation sites is 1. The molecule has 0 bridgehead atoms. The van der Waals surface area contributed by atoms with Crippen LogP contribution in [0.1, 0.15) is 21.8 Å². The molecule has 0 fully saturated rings. The lowest BCUT2D eigenvalue weighted by Crippen LogP contribution is -2.15. The Morgan fingerprint density at radius 1 is 1.24 bits per heavy atom. The zero-order valence-electron chi connectivity index (χ0n) is 12.5. The number of hydrogen-bond acceptors (Lipinski definition) is 4. The van der Waals surface area contributed by atoms with E-state index < -0.39 is 0 Å². The summed E-state index contributed by atoms with van der Waals surface area (Å²) in [7, 11) is 1.71. The van der Waals surface area contributed by atoms with Crippen LogP contribution < -0.4 is 10.1 Å². The maximum absolute atomic E-state index is 5.37. The Bertz CT molecular complexity index is 760. The minimum absolute atomic E-state index is 0.778. The predicted molar refractivity (Wildman–Crippen MR) is 86.1 cm³/mol. The molecule has 0 amide bonds. The van der Waals surface area contributed by atoms with Crippen molar-refractivity contribution in [3.8, 4) is 5.75 Å². The normalized spacial score (nSPS) is 11.2. The van der Waals surface area contributed by atoms with Gasteiger partial charge in [-0.05, 0) is 19.9 Å². The third kappa shape index (κ3) is 2.80. The van der Waals surface area contributed by atoms with Gasteiger partial charge in [-0.15, -0.1) is 11.3 Å². The van der Waals surface area contributed by atoms with Gasteiger partial charge in [0.15, 0.2) is 4.96 Å². The van der Waals surface area contributed by atoms with Gasteiger partial charge in [0.25, 0.3) is 0 Å². The number of aromatic nitrogens is 2. The molecule has 4 nitrogen and oxygen atoms in total. The molecule has 2 heterocycles. The van der Waals surface area contributed by atoms with Crippen LogP contribution in [-0.2, 0) is 13.1 Å². The average molecular weight is 301 g/mol. The summed E-state index contributed by atoms with van der Waals surface area (Å²) in [4.78, 5) is 6.96. The molecule has 0 unspecified atom stereocenters. The molecule has 5 heteroatoms. The van der Waals surface area contributed by atoms with Gasteiger partial charge in [0.2, 0.25) is 0 Å². The van der Waals surface area contributed by atoms with Crippen LogP contribution in [0.5, 0.6) is 5.75 Å². The Labute approximate surface area is 128 Å². The summed E-state index contributed by atoms with van der Waals surface area (Å²) in [6.07, 6.45) is 2.15. The number of thiazole rings is 1. The highest BCUT2D eigenvalue weighted by Crippen LogP contribution is 2.21. The van der Waals surface area contributed by atoms with E-state index in [-0.39, 0.29) is 0 Å². The van der Waals surface area contributed by atoms with E-state index in [0.717, 1.165) is 29.5 Å². The maximum Gasteiger partial charge on any atom is 0.194 e. The van der Waals surface area contributed by atoms with Crippen LogP contribution in [0.2, 0.25) is 0 Å². The Kier molecular flexibility index (Phi) is 3.94. The van der Waals surface area contributed by atoms with Crippen LogP contribution in [0.4, 0.5) is 0 Å². The van der Waals surface area contributed by atoms with Crippen LogP contribution in [0.25, 0.3) is 4.96 Å². The van der Waals surface area contributed by atoms with Crippen molar-refractivity contribution in [3.63, 3.8) is 0 Å². The smallest absolute Gasteiger partial charge is 0.194 e. The SMILES string of the molecule is COc1ccccc1CNCc1c(C)nc2sc(C)cn12. The molecular formula is C16H19N3OS. The van der Waals surface area contributed by atoms with Crippen molar-refractivity contribution in [3.05, 3.63) is 52.3 Å². The summed E-state index contributed by atoms with van der Waals surface area (Å²) in [6, 6.07) is 8.09. The van der Waals surface area contributed by atoms with Crippen molar-refractivity contribution in [1.29, 1.82) is 0 Å². The van der Waals surface area contributed by atoms with Crippen LogP contribution in [0.15, 0.2) is 30.5 Å². The summed E-state index contributed by atoms with van der Waals surface area (Å²) >= 11 is 1.73. The van der Waals surface area contributed by atoms with Crippen molar-refractivity contribution < 1.29 is 4.74 Å². The molecule has 3 rings (SSSR count). The third-order valence-electron chi connectivity index (χ3n) is 3.54. The second kappa shape index (κ2) is 5.87. The second-order valence-electron chi connectivity index (χ2n) is 5.05. The Morgan fingerprint density at radius 3 is 2.86 bits per heavy atom. The summed E-state index contributed by atoms with van der Waals surface area (Å²) in [5, 5.41) is 3.48. The largest absolute Gasteiger partial charge is 0.496 e. The van der Waals surface area contributed by atoms with Crippen molar-refractivity contribution in [2.24, 2.45) is 0 Å². The lowest BCUT2D eigenvalue weighted by molar-refractivity contribution is 0.407. The summed E-state index contributed by atoms with van der Waals surface area (Å²) < 4.78 is 7.56. The molecule has 0 atom stereocenters. The van der Waals surface area contributed by atoms with Crippen molar-refractivity contribution in [1.82, 2.24) is 14.7 Å². The lowest BCUT2D eigenvalue weighted by atomic mass is 10.2. The topological polar surface area (TPSA) is 38.6 Å². The molecule has 110 valence electrons. The summed E-state index contributed by atoms with van der Waals surface area (Å²) in [6.45, 7) is 5.75. The lowest BCUT2D eigenvalue weighted by Gasteiger charge is -2.09. The van der Waals surface area contributed by atoms with Crippen LogP contribution in [-0.4, -0.2) is 16.5 Å². The Morgan fingerprint density at radius 2 is 2.05 bits per heavy atom. The van der Waals surface area contributed by atoms with Gasteiger partial charge in [-0.25, -0.2) is 4.98 Å². The van der Waals surface area contributed by atoms with E-state index >= 15 is 0 Å². The first-order chi connectivity index (χ1) is 10.2. The number of methoxy groups -OCH3 is 1. The van der Waals surface area contributed by atoms with E-state index in [0.29, 0.717) is 0 Å². The number of imidazole rings is 1. The van der Waals surface area contributed by atoms with Crippen molar-refractivity contribution in [2.75, 3.05) is 7.11 Å². The highest BCUT2D eigenvalue weighted by Gasteiger charge is 2.11. The molecule has 1 aromatic carbocycles. The van der Waals surface area contributed by atoms with Gasteiger partial charge in [0, 0.05) is 29.7 Å². The zero-order chi connectivity index (χ0) is 14.8. The van der Waals surface area contributed by atoms with Crippen LogP contribution >= 0.6 is 11.3 Å². The average Bonchev–Trinajstić information content (AvgIpc) is 2.96. The number of nitrogens with one attached hydrogen (secondary N) is 1. The van der Waals surface area contributed by atoms with Crippen LogP contribution in [0.3, 0.4) is 0 Å². The van der Waals surface area contributed by atoms with Gasteiger partial charge >= 0.3 is 0 Å². The van der Waals surface area contributed by atoms with Gasteiger partial charge in [0.05, 0.1) is 18.5 Å². The highest BCUT2D eigenvalue weighted by molar-refractivity contribution is 7.17. The Hall–Kier alpha value is -1.85. The fourth-order valence-corrected chi connectivity index (χ4v) is 3.38. The third-order valence-corrected chi connectivity index (χ3v) is 4.44. The fourth-order valence-electron chi connectivity index (χ4n) is 2.49. The molecule has 0 radical (unpaired) electrons. The number of rotatable bonds is 5. The van der Waals surface area contributed by atoms with E-state index in [2.05, 4.69) is 40.8 Å². The number of ether oxygens (including phenoxy) is 1. The van der Waals surface area contributed by atoms with Crippen molar-refractivity contribution in [2.45, 2.75) is 26.9 Å². The summed E-state index contributed by atoms with van der Waals surface area (Å²) in [5.41, 5.74) is 3.48. The molecule has 21 heavy (non-hydrogen) atoms. The molecule has 0 saturated carbocycles. The van der Waals surface area contributed by atoms with E-state index in [1.54, 1.807) is 18.4 Å². The molecule has 0 spiro atoms. The van der Waals surface area contributed by atoms with Gasteiger partial charge < -0.3 is 10.1 Å². The number of aryl methyl sites for hydroxylation is 2. The highest BCUT2D eigenvalue weighted by atomic mass is 32.1. The van der Waals surface area contributed by atoms with Gasteiger partial charge in [-0.2, -0.15) is 0 Å². The minimum Gasteiger partial charge on any atom is -0.496 e. The van der Waals surface area contributed by atoms with Crippen molar-refractivity contribution >= 4 is 16.3 Å². The summed E-state index contributed by atoms with van der Waals surface area (Å²) in [5.74, 6) is 0.923. The standard InChI is InChI=1S/C16H19N3OS/c1-11-10-19-14(12(2)18-16(19)21-11)9-17-8-13-6-4-5-7-15(13)20-3/h4-7,10,17H,8-9H2,1-3H3. The molecule has 0 aliphatic rings. The van der Waals surface area contributed by atoms with E-state index in [1.807, 2.05) is 18.2 Å². The van der Waals surface area contributed by atoms with E-state index in [9.17, 15) is 0 Å². The first-order valence-corrected chi connectivity index (χ1v) is 7.77. The van der Waals surface area contributed by atoms with Gasteiger partial charge in [-0.3, -0.25) is 4.40 Å². The number of hydrogen-bond donors (Lipinski definition) is 1. The first kappa shape index (κ1) is 14.1. The molecule has 0 saturated heterocycles. The van der Waals surface area contributed by atoms with Gasteiger partial charge in [0.1, 0.15) is 5.75 Å². The molecule has 2 aromatic heterocycles. The van der Waals surface area contributed by atoms with E-state index in [1.165, 1.54) is 16.1 Å². The maximum atomic E-state index is 5.37. The molecule has 1 N–H and O–H groups in total. The minimum atomic E-state index is 0.778. The fraction of sp³-hybridized carbons (Fsp3) is 0.312. The molecular weight excluding hydrogens is 282 g/mol. The molecule has 0 aliphatic heterocycles. The van der Waals surface area contributed by atoms with E-state index in [4.69, 9.17) is 4.74 Å². The predicted octanol–water partition coefficient (Wildman–Crippen LogP) is 3.31. The monoisotopic (exact) mass is 301 g/mol. The second-order valence-corrected chi connectivity index (χ2v) is 6.27. The molecule has 0 aliphatic carbocycles. The molecule has 3 aromatic rings.